The van der Waals surface area contributed by atoms with Gasteiger partial charge in [-0.05, 0) is 25.3 Å². The average Bonchev–Trinajstić information content (AvgIpc) is 3.03. The maximum atomic E-state index is 12.2. The normalized spacial score (nSPS) is 15.9. The predicted molar refractivity (Wildman–Crippen MR) is 81.1 cm³/mol. The van der Waals surface area contributed by atoms with Gasteiger partial charge in [-0.15, -0.1) is 0 Å². The molecule has 0 N–H and O–H groups in total. The van der Waals surface area contributed by atoms with Crippen LogP contribution in [0.15, 0.2) is 18.2 Å². The largest absolute Gasteiger partial charge is 0.469 e. The molecule has 0 unspecified atom stereocenters. The summed E-state index contributed by atoms with van der Waals surface area (Å²) in [7, 11) is 2.55. The molecule has 0 bridgehead atoms. The number of hydrogen-bond donors (Lipinski definition) is 0. The van der Waals surface area contributed by atoms with E-state index in [1.54, 1.807) is 0 Å². The second-order valence-electron chi connectivity index (χ2n) is 5.75. The molecule has 7 heteroatoms. The van der Waals surface area contributed by atoms with Crippen molar-refractivity contribution in [1.82, 2.24) is 0 Å². The highest BCUT2D eigenvalue weighted by Gasteiger charge is 2.43. The number of hydrogen-bond acceptors (Lipinski definition) is 6. The van der Waals surface area contributed by atoms with Crippen molar-refractivity contribution in [3.05, 3.63) is 39.4 Å². The van der Waals surface area contributed by atoms with Gasteiger partial charge in [0, 0.05) is 11.6 Å². The molecule has 23 heavy (non-hydrogen) atoms. The molecular weight excluding hydrogens is 302 g/mol. The van der Waals surface area contributed by atoms with E-state index < -0.39 is 16.3 Å². The van der Waals surface area contributed by atoms with Crippen molar-refractivity contribution in [2.45, 2.75) is 32.1 Å². The van der Waals surface area contributed by atoms with Crippen molar-refractivity contribution < 1.29 is 24.0 Å². The number of esters is 2. The molecular formula is C16H19NO6. The van der Waals surface area contributed by atoms with Crippen LogP contribution in [-0.4, -0.2) is 31.1 Å². The molecule has 1 aliphatic carbocycles. The molecule has 7 nitrogen and oxygen atoms in total. The Morgan fingerprint density at radius 3 is 2.39 bits per heavy atom. The summed E-state index contributed by atoms with van der Waals surface area (Å²) in [6, 6.07) is 4.20. The fraction of sp³-hybridized carbons (Fsp3) is 0.500. The number of ether oxygens (including phenoxy) is 2. The summed E-state index contributed by atoms with van der Waals surface area (Å²) in [5.74, 6) is -0.968. The topological polar surface area (TPSA) is 95.7 Å². The van der Waals surface area contributed by atoms with Gasteiger partial charge in [0.15, 0.2) is 0 Å². The van der Waals surface area contributed by atoms with Crippen molar-refractivity contribution in [3.63, 3.8) is 0 Å². The maximum Gasteiger partial charge on any atom is 0.338 e. The van der Waals surface area contributed by atoms with Crippen molar-refractivity contribution in [1.29, 1.82) is 0 Å². The first-order chi connectivity index (χ1) is 10.9. The van der Waals surface area contributed by atoms with Gasteiger partial charge in [0.1, 0.15) is 0 Å². The summed E-state index contributed by atoms with van der Waals surface area (Å²) in [5, 5.41) is 11.3. The van der Waals surface area contributed by atoms with Gasteiger partial charge in [-0.1, -0.05) is 18.9 Å². The van der Waals surface area contributed by atoms with E-state index >= 15 is 0 Å². The van der Waals surface area contributed by atoms with Gasteiger partial charge in [-0.3, -0.25) is 14.9 Å². The number of nitro benzene ring substituents is 1. The first-order valence-corrected chi connectivity index (χ1v) is 7.37. The highest BCUT2D eigenvalue weighted by Crippen LogP contribution is 2.43. The molecule has 0 saturated heterocycles. The Morgan fingerprint density at radius 1 is 1.22 bits per heavy atom. The Morgan fingerprint density at radius 2 is 1.87 bits per heavy atom. The standard InChI is InChI=1S/C16H19NO6/c1-22-14(18)11-5-6-12(13(9-11)17(20)21)10-16(15(19)23-2)7-3-4-8-16/h5-6,9H,3-4,7-8,10H2,1-2H3. The quantitative estimate of drug-likeness (QED) is 0.470. The zero-order chi connectivity index (χ0) is 17.0. The van der Waals surface area contributed by atoms with E-state index in [2.05, 4.69) is 4.74 Å². The second-order valence-corrected chi connectivity index (χ2v) is 5.75. The summed E-state index contributed by atoms with van der Waals surface area (Å²) in [6.07, 6.45) is 3.31. The van der Waals surface area contributed by atoms with E-state index in [1.807, 2.05) is 0 Å². The Kier molecular flexibility index (Phi) is 4.98. The fourth-order valence-electron chi connectivity index (χ4n) is 3.21. The molecule has 0 aliphatic heterocycles. The molecule has 0 heterocycles. The first kappa shape index (κ1) is 16.9. The monoisotopic (exact) mass is 321 g/mol. The summed E-state index contributed by atoms with van der Waals surface area (Å²) in [5.41, 5.74) is -0.355. The van der Waals surface area contributed by atoms with Crippen LogP contribution in [0.1, 0.15) is 41.6 Å². The minimum Gasteiger partial charge on any atom is -0.469 e. The van der Waals surface area contributed by atoms with Gasteiger partial charge in [0.2, 0.25) is 0 Å². The molecule has 1 aromatic rings. The van der Waals surface area contributed by atoms with E-state index in [0.29, 0.717) is 18.4 Å². The summed E-state index contributed by atoms with van der Waals surface area (Å²) >= 11 is 0. The SMILES string of the molecule is COC(=O)c1ccc(CC2(C(=O)OC)CCCC2)c([N+](=O)[O-])c1. The van der Waals surface area contributed by atoms with Crippen LogP contribution in [-0.2, 0) is 20.7 Å². The molecule has 0 spiro atoms. The third-order valence-electron chi connectivity index (χ3n) is 4.41. The number of nitrogens with zero attached hydrogens (tertiary/aromatic N) is 1. The zero-order valence-corrected chi connectivity index (χ0v) is 13.2. The van der Waals surface area contributed by atoms with Crippen molar-refractivity contribution in [3.8, 4) is 0 Å². The van der Waals surface area contributed by atoms with E-state index in [0.717, 1.165) is 12.8 Å². The predicted octanol–water partition coefficient (Wildman–Crippen LogP) is 2.66. The molecule has 1 aliphatic rings. The van der Waals surface area contributed by atoms with E-state index in [4.69, 9.17) is 4.74 Å². The molecule has 1 aromatic carbocycles. The van der Waals surface area contributed by atoms with Crippen LogP contribution < -0.4 is 0 Å². The van der Waals surface area contributed by atoms with Gasteiger partial charge in [-0.2, -0.15) is 0 Å². The molecule has 0 aromatic heterocycles. The third-order valence-corrected chi connectivity index (χ3v) is 4.41. The van der Waals surface area contributed by atoms with Gasteiger partial charge in [0.05, 0.1) is 30.1 Å². The lowest BCUT2D eigenvalue weighted by molar-refractivity contribution is -0.385. The Bertz CT molecular complexity index is 633. The number of benzene rings is 1. The van der Waals surface area contributed by atoms with Crippen LogP contribution in [0.3, 0.4) is 0 Å². The molecule has 2 rings (SSSR count). The molecule has 124 valence electrons. The number of rotatable bonds is 5. The van der Waals surface area contributed by atoms with Gasteiger partial charge < -0.3 is 9.47 Å². The lowest BCUT2D eigenvalue weighted by atomic mass is 9.79. The van der Waals surface area contributed by atoms with E-state index in [9.17, 15) is 19.7 Å². The zero-order valence-electron chi connectivity index (χ0n) is 13.2. The lowest BCUT2D eigenvalue weighted by Crippen LogP contribution is -2.32. The van der Waals surface area contributed by atoms with Gasteiger partial charge in [-0.25, -0.2) is 4.79 Å². The molecule has 1 fully saturated rings. The Labute approximate surface area is 133 Å². The van der Waals surface area contributed by atoms with Crippen LogP contribution >= 0.6 is 0 Å². The number of methoxy groups -OCH3 is 2. The summed E-state index contributed by atoms with van der Waals surface area (Å²) in [6.45, 7) is 0. The summed E-state index contributed by atoms with van der Waals surface area (Å²) < 4.78 is 9.49. The lowest BCUT2D eigenvalue weighted by Gasteiger charge is -2.25. The van der Waals surface area contributed by atoms with Crippen molar-refractivity contribution >= 4 is 17.6 Å². The van der Waals surface area contributed by atoms with E-state index in [-0.39, 0.29) is 23.6 Å². The average molecular weight is 321 g/mol. The molecule has 0 atom stereocenters. The summed E-state index contributed by atoms with van der Waals surface area (Å²) in [4.78, 5) is 34.5. The van der Waals surface area contributed by atoms with E-state index in [1.165, 1.54) is 32.4 Å². The van der Waals surface area contributed by atoms with Crippen LogP contribution in [0, 0.1) is 15.5 Å². The van der Waals surface area contributed by atoms with Crippen molar-refractivity contribution in [2.24, 2.45) is 5.41 Å². The number of nitro groups is 1. The molecule has 0 radical (unpaired) electrons. The van der Waals surface area contributed by atoms with Crippen LogP contribution in [0.25, 0.3) is 0 Å². The second kappa shape index (κ2) is 6.76. The Hall–Kier alpha value is -2.44. The molecule has 1 saturated carbocycles. The Balaban J connectivity index is 2.40. The van der Waals surface area contributed by atoms with Crippen LogP contribution in [0.5, 0.6) is 0 Å². The minimum absolute atomic E-state index is 0.112. The van der Waals surface area contributed by atoms with Crippen molar-refractivity contribution in [2.75, 3.05) is 14.2 Å². The molecule has 0 amide bonds. The van der Waals surface area contributed by atoms with Gasteiger partial charge >= 0.3 is 11.9 Å². The smallest absolute Gasteiger partial charge is 0.338 e. The first-order valence-electron chi connectivity index (χ1n) is 7.37. The van der Waals surface area contributed by atoms with Crippen LogP contribution in [0.2, 0.25) is 0 Å². The number of carbonyl (C=O) groups excluding carboxylic acids is 2. The maximum absolute atomic E-state index is 12.2. The number of carbonyl (C=O) groups is 2. The highest BCUT2D eigenvalue weighted by atomic mass is 16.6. The van der Waals surface area contributed by atoms with Gasteiger partial charge in [0.25, 0.3) is 5.69 Å². The highest BCUT2D eigenvalue weighted by molar-refractivity contribution is 5.90. The fourth-order valence-corrected chi connectivity index (χ4v) is 3.21. The minimum atomic E-state index is -0.716. The van der Waals surface area contributed by atoms with Crippen LogP contribution in [0.4, 0.5) is 5.69 Å². The third kappa shape index (κ3) is 3.33.